The maximum absolute atomic E-state index is 3.58. The van der Waals surface area contributed by atoms with Crippen molar-refractivity contribution in [2.45, 2.75) is 13.3 Å². The number of hydrogen-bond donors (Lipinski definition) is 1. The Labute approximate surface area is 124 Å². The highest BCUT2D eigenvalue weighted by atomic mass is 14.7. The van der Waals surface area contributed by atoms with Crippen LogP contribution in [0.15, 0.2) is 66.7 Å². The van der Waals surface area contributed by atoms with Crippen molar-refractivity contribution in [3.8, 4) is 11.1 Å². The number of hydrogen-bond acceptors (Lipinski definition) is 0. The Kier molecular flexibility index (Phi) is 2.78. The lowest BCUT2D eigenvalue weighted by molar-refractivity contribution is 1.15. The lowest BCUT2D eigenvalue weighted by Crippen LogP contribution is -1.80. The summed E-state index contributed by atoms with van der Waals surface area (Å²) < 4.78 is 0. The first-order valence-corrected chi connectivity index (χ1v) is 7.45. The average molecular weight is 271 g/mol. The number of aromatic amines is 1. The molecule has 0 saturated carbocycles. The van der Waals surface area contributed by atoms with Gasteiger partial charge in [-0.2, -0.15) is 0 Å². The fourth-order valence-corrected chi connectivity index (χ4v) is 3.09. The molecule has 1 heteroatoms. The molecular weight excluding hydrogens is 254 g/mol. The first kappa shape index (κ1) is 12.2. The molecule has 0 unspecified atom stereocenters. The van der Waals surface area contributed by atoms with Crippen LogP contribution in [0, 0.1) is 0 Å². The summed E-state index contributed by atoms with van der Waals surface area (Å²) in [5.41, 5.74) is 6.40. The molecule has 0 atom stereocenters. The summed E-state index contributed by atoms with van der Waals surface area (Å²) in [5.74, 6) is 0. The molecule has 1 N–H and O–H groups in total. The molecule has 1 nitrogen and oxygen atoms in total. The quantitative estimate of drug-likeness (QED) is 0.492. The molecule has 0 bridgehead atoms. The number of aryl methyl sites for hydroxylation is 1. The van der Waals surface area contributed by atoms with Crippen LogP contribution in [0.4, 0.5) is 0 Å². The van der Waals surface area contributed by atoms with Crippen LogP contribution in [0.3, 0.4) is 0 Å². The van der Waals surface area contributed by atoms with Crippen LogP contribution in [0.2, 0.25) is 0 Å². The van der Waals surface area contributed by atoms with E-state index in [1.165, 1.54) is 38.5 Å². The highest BCUT2D eigenvalue weighted by Gasteiger charge is 2.08. The minimum absolute atomic E-state index is 1.05. The number of aromatic nitrogens is 1. The Morgan fingerprint density at radius 3 is 2.43 bits per heavy atom. The minimum atomic E-state index is 1.05. The summed E-state index contributed by atoms with van der Waals surface area (Å²) in [6, 6.07) is 23.8. The molecule has 0 saturated heterocycles. The maximum atomic E-state index is 3.58. The van der Waals surface area contributed by atoms with Gasteiger partial charge in [0.1, 0.15) is 0 Å². The van der Waals surface area contributed by atoms with Crippen molar-refractivity contribution in [1.29, 1.82) is 0 Å². The molecule has 0 aliphatic rings. The third-order valence-electron chi connectivity index (χ3n) is 4.21. The van der Waals surface area contributed by atoms with Gasteiger partial charge in [0.25, 0.3) is 0 Å². The summed E-state index contributed by atoms with van der Waals surface area (Å²) in [7, 11) is 0. The SMILES string of the molecule is CCc1cccc2c1[nH]c1ccc(-c3ccccc3)cc12. The largest absolute Gasteiger partial charge is 0.354 e. The van der Waals surface area contributed by atoms with Crippen molar-refractivity contribution < 1.29 is 0 Å². The maximum Gasteiger partial charge on any atom is 0.0497 e. The van der Waals surface area contributed by atoms with Gasteiger partial charge < -0.3 is 4.98 Å². The molecule has 0 radical (unpaired) electrons. The van der Waals surface area contributed by atoms with Gasteiger partial charge in [-0.25, -0.2) is 0 Å². The van der Waals surface area contributed by atoms with Gasteiger partial charge in [0, 0.05) is 21.8 Å². The number of rotatable bonds is 2. The Morgan fingerprint density at radius 1 is 0.762 bits per heavy atom. The molecular formula is C20H17N. The molecule has 21 heavy (non-hydrogen) atoms. The highest BCUT2D eigenvalue weighted by Crippen LogP contribution is 2.31. The first-order valence-electron chi connectivity index (χ1n) is 7.45. The predicted molar refractivity (Wildman–Crippen MR) is 90.6 cm³/mol. The van der Waals surface area contributed by atoms with Crippen molar-refractivity contribution in [3.05, 3.63) is 72.3 Å². The van der Waals surface area contributed by atoms with Crippen LogP contribution >= 0.6 is 0 Å². The van der Waals surface area contributed by atoms with Crippen LogP contribution < -0.4 is 0 Å². The molecule has 4 aromatic rings. The van der Waals surface area contributed by atoms with E-state index in [9.17, 15) is 0 Å². The molecule has 1 aromatic heterocycles. The van der Waals surface area contributed by atoms with Gasteiger partial charge in [-0.1, -0.05) is 61.5 Å². The fourth-order valence-electron chi connectivity index (χ4n) is 3.09. The zero-order valence-electron chi connectivity index (χ0n) is 12.1. The predicted octanol–water partition coefficient (Wildman–Crippen LogP) is 5.55. The van der Waals surface area contributed by atoms with Gasteiger partial charge in [-0.05, 0) is 35.2 Å². The zero-order chi connectivity index (χ0) is 14.2. The van der Waals surface area contributed by atoms with Crippen LogP contribution in [-0.4, -0.2) is 4.98 Å². The molecule has 102 valence electrons. The van der Waals surface area contributed by atoms with Crippen LogP contribution in [0.1, 0.15) is 12.5 Å². The summed E-state index contributed by atoms with van der Waals surface area (Å²) >= 11 is 0. The van der Waals surface area contributed by atoms with Crippen molar-refractivity contribution in [3.63, 3.8) is 0 Å². The Morgan fingerprint density at radius 2 is 1.62 bits per heavy atom. The minimum Gasteiger partial charge on any atom is -0.354 e. The normalized spacial score (nSPS) is 11.3. The summed E-state index contributed by atoms with van der Waals surface area (Å²) in [5, 5.41) is 2.63. The van der Waals surface area contributed by atoms with Gasteiger partial charge in [0.15, 0.2) is 0 Å². The number of benzene rings is 3. The van der Waals surface area contributed by atoms with E-state index >= 15 is 0 Å². The van der Waals surface area contributed by atoms with Gasteiger partial charge in [0.2, 0.25) is 0 Å². The monoisotopic (exact) mass is 271 g/mol. The molecule has 0 amide bonds. The molecule has 0 aliphatic heterocycles. The number of nitrogens with one attached hydrogen (secondary N) is 1. The smallest absolute Gasteiger partial charge is 0.0497 e. The highest BCUT2D eigenvalue weighted by molar-refractivity contribution is 6.09. The lowest BCUT2D eigenvalue weighted by atomic mass is 10.0. The van der Waals surface area contributed by atoms with E-state index in [0.29, 0.717) is 0 Å². The summed E-state index contributed by atoms with van der Waals surface area (Å²) in [4.78, 5) is 3.58. The van der Waals surface area contributed by atoms with Gasteiger partial charge >= 0.3 is 0 Å². The van der Waals surface area contributed by atoms with Crippen molar-refractivity contribution in [2.24, 2.45) is 0 Å². The molecule has 0 spiro atoms. The van der Waals surface area contributed by atoms with E-state index in [1.54, 1.807) is 0 Å². The van der Waals surface area contributed by atoms with E-state index < -0.39 is 0 Å². The van der Waals surface area contributed by atoms with Gasteiger partial charge in [0.05, 0.1) is 0 Å². The third-order valence-corrected chi connectivity index (χ3v) is 4.21. The fraction of sp³-hybridized carbons (Fsp3) is 0.100. The second-order valence-corrected chi connectivity index (χ2v) is 5.44. The molecule has 0 aliphatic carbocycles. The van der Waals surface area contributed by atoms with E-state index in [-0.39, 0.29) is 0 Å². The topological polar surface area (TPSA) is 15.8 Å². The van der Waals surface area contributed by atoms with Crippen molar-refractivity contribution >= 4 is 21.8 Å². The lowest BCUT2D eigenvalue weighted by Gasteiger charge is -2.02. The van der Waals surface area contributed by atoms with E-state index in [2.05, 4.69) is 78.6 Å². The molecule has 1 heterocycles. The second kappa shape index (κ2) is 4.78. The van der Waals surface area contributed by atoms with E-state index in [4.69, 9.17) is 0 Å². The molecule has 4 rings (SSSR count). The van der Waals surface area contributed by atoms with Crippen molar-refractivity contribution in [2.75, 3.05) is 0 Å². The Hall–Kier alpha value is -2.54. The van der Waals surface area contributed by atoms with Gasteiger partial charge in [-0.15, -0.1) is 0 Å². The van der Waals surface area contributed by atoms with E-state index in [0.717, 1.165) is 6.42 Å². The molecule has 0 fully saturated rings. The molecule has 3 aromatic carbocycles. The van der Waals surface area contributed by atoms with Crippen LogP contribution in [0.25, 0.3) is 32.9 Å². The summed E-state index contributed by atoms with van der Waals surface area (Å²) in [6.45, 7) is 2.20. The standard InChI is InChI=1S/C20H17N/c1-2-14-9-6-10-17-18-13-16(15-7-4-3-5-8-15)11-12-19(18)21-20(14)17/h3-13,21H,2H2,1H3. The Balaban J connectivity index is 2.01. The zero-order valence-corrected chi connectivity index (χ0v) is 12.1. The van der Waals surface area contributed by atoms with Crippen LogP contribution in [-0.2, 0) is 6.42 Å². The average Bonchev–Trinajstić information content (AvgIpc) is 2.93. The second-order valence-electron chi connectivity index (χ2n) is 5.44. The number of fused-ring (bicyclic) bond motifs is 3. The Bertz CT molecular complexity index is 917. The van der Waals surface area contributed by atoms with E-state index in [1.807, 2.05) is 0 Å². The number of para-hydroxylation sites is 1. The summed E-state index contributed by atoms with van der Waals surface area (Å²) in [6.07, 6.45) is 1.05. The third kappa shape index (κ3) is 1.93. The first-order chi connectivity index (χ1) is 10.4. The van der Waals surface area contributed by atoms with Crippen molar-refractivity contribution in [1.82, 2.24) is 4.98 Å². The van der Waals surface area contributed by atoms with Crippen LogP contribution in [0.5, 0.6) is 0 Å². The van der Waals surface area contributed by atoms with Gasteiger partial charge in [-0.3, -0.25) is 0 Å². The number of H-pyrrole nitrogens is 1.